The molecule has 154 valence electrons. The molecular weight excluding hydrogens is 407 g/mol. The summed E-state index contributed by atoms with van der Waals surface area (Å²) in [4.78, 5) is 26.2. The van der Waals surface area contributed by atoms with E-state index in [1.165, 1.54) is 10.8 Å². The van der Waals surface area contributed by atoms with Crippen LogP contribution in [-0.4, -0.2) is 30.3 Å². The van der Waals surface area contributed by atoms with E-state index in [0.717, 1.165) is 0 Å². The average Bonchev–Trinajstić information content (AvgIpc) is 3.12. The maximum Gasteiger partial charge on any atom is 0.391 e. The molecule has 10 heteroatoms. The van der Waals surface area contributed by atoms with Gasteiger partial charge >= 0.3 is 6.18 Å². The van der Waals surface area contributed by atoms with Crippen molar-refractivity contribution in [3.8, 4) is 5.69 Å². The molecule has 0 aliphatic heterocycles. The fourth-order valence-corrected chi connectivity index (χ4v) is 4.06. The van der Waals surface area contributed by atoms with Gasteiger partial charge in [-0.1, -0.05) is 11.6 Å². The molecule has 6 nitrogen and oxygen atoms in total. The van der Waals surface area contributed by atoms with Crippen LogP contribution in [0, 0.1) is 5.92 Å². The van der Waals surface area contributed by atoms with Crippen molar-refractivity contribution in [3.63, 3.8) is 0 Å². The lowest BCUT2D eigenvalue weighted by Crippen LogP contribution is -2.31. The summed E-state index contributed by atoms with van der Waals surface area (Å²) in [6, 6.07) is 3.20. The molecule has 0 atom stereocenters. The second kappa shape index (κ2) is 7.44. The smallest absolute Gasteiger partial charge is 0.315 e. The second-order valence-corrected chi connectivity index (χ2v) is 7.63. The Balaban J connectivity index is 1.84. The zero-order chi connectivity index (χ0) is 20.8. The number of alkyl halides is 3. The minimum absolute atomic E-state index is 0.0218. The second-order valence-electron chi connectivity index (χ2n) is 7.24. The topological polar surface area (TPSA) is 65.6 Å². The summed E-state index contributed by atoms with van der Waals surface area (Å²) < 4.78 is 42.4. The van der Waals surface area contributed by atoms with Crippen molar-refractivity contribution in [2.45, 2.75) is 51.2 Å². The molecule has 3 heterocycles. The Morgan fingerprint density at radius 1 is 1.17 bits per heavy atom. The lowest BCUT2D eigenvalue weighted by molar-refractivity contribution is -0.182. The fraction of sp³-hybridized carbons (Fsp3) is 0.474. The molecule has 0 spiro atoms. The Bertz CT molecular complexity index is 1080. The number of rotatable bonds is 3. The number of fused-ring (bicyclic) bond motifs is 1. The van der Waals surface area contributed by atoms with Gasteiger partial charge in [0.05, 0.1) is 24.1 Å². The number of pyridine rings is 1. The fourth-order valence-electron chi connectivity index (χ4n) is 3.95. The van der Waals surface area contributed by atoms with Crippen LogP contribution in [0.2, 0.25) is 5.15 Å². The van der Waals surface area contributed by atoms with Crippen LogP contribution in [0.15, 0.2) is 29.5 Å². The van der Waals surface area contributed by atoms with E-state index >= 15 is 0 Å². The molecule has 0 N–H and O–H groups in total. The van der Waals surface area contributed by atoms with E-state index in [9.17, 15) is 18.0 Å². The van der Waals surface area contributed by atoms with E-state index in [2.05, 4.69) is 9.97 Å². The molecule has 0 unspecified atom stereocenters. The third-order valence-corrected chi connectivity index (χ3v) is 5.75. The van der Waals surface area contributed by atoms with Gasteiger partial charge in [0.15, 0.2) is 11.2 Å². The van der Waals surface area contributed by atoms with Crippen LogP contribution < -0.4 is 5.56 Å². The van der Waals surface area contributed by atoms with Crippen LogP contribution in [0.5, 0.6) is 0 Å². The zero-order valence-electron chi connectivity index (χ0n) is 15.7. The molecule has 0 bridgehead atoms. The van der Waals surface area contributed by atoms with Crippen LogP contribution in [-0.2, 0) is 6.54 Å². The normalized spacial score (nSPS) is 20.3. The number of halogens is 4. The molecule has 1 saturated carbocycles. The van der Waals surface area contributed by atoms with E-state index in [1.807, 2.05) is 6.92 Å². The van der Waals surface area contributed by atoms with Crippen molar-refractivity contribution in [3.05, 3.63) is 46.0 Å². The third kappa shape index (κ3) is 3.63. The SMILES string of the molecule is CCn1cnc2c(=O)n(-c3ccc(Cl)nc3)c([C@H]3CC[C@@H](C(F)(F)F)CC3)nc21. The summed E-state index contributed by atoms with van der Waals surface area (Å²) in [6.45, 7) is 2.49. The molecule has 1 aliphatic rings. The summed E-state index contributed by atoms with van der Waals surface area (Å²) in [5, 5.41) is 0.276. The van der Waals surface area contributed by atoms with E-state index < -0.39 is 12.1 Å². The molecular formula is C19H19ClF3N5O. The largest absolute Gasteiger partial charge is 0.391 e. The van der Waals surface area contributed by atoms with Gasteiger partial charge < -0.3 is 4.57 Å². The molecule has 0 saturated heterocycles. The van der Waals surface area contributed by atoms with Gasteiger partial charge in [0.25, 0.3) is 5.56 Å². The van der Waals surface area contributed by atoms with Crippen LogP contribution >= 0.6 is 11.6 Å². The monoisotopic (exact) mass is 425 g/mol. The van der Waals surface area contributed by atoms with Gasteiger partial charge in [0.1, 0.15) is 11.0 Å². The highest BCUT2D eigenvalue weighted by molar-refractivity contribution is 6.29. The standard InChI is InChI=1S/C19H19ClF3N5O/c1-2-27-10-25-15-17(27)26-16(11-3-5-12(6-4-11)19(21,22)23)28(18(15)29)13-7-8-14(20)24-9-13/h7-12H,2-6H2,1H3/t11-,12+. The molecule has 0 aromatic carbocycles. The Morgan fingerprint density at radius 2 is 1.90 bits per heavy atom. The van der Waals surface area contributed by atoms with Gasteiger partial charge in [-0.3, -0.25) is 9.36 Å². The summed E-state index contributed by atoms with van der Waals surface area (Å²) in [5.74, 6) is -1.12. The first-order chi connectivity index (χ1) is 13.8. The number of hydrogen-bond donors (Lipinski definition) is 0. The summed E-state index contributed by atoms with van der Waals surface area (Å²) in [6.07, 6.45) is -0.523. The van der Waals surface area contributed by atoms with Crippen molar-refractivity contribution in [1.82, 2.24) is 24.1 Å². The quantitative estimate of drug-likeness (QED) is 0.580. The third-order valence-electron chi connectivity index (χ3n) is 5.53. The molecule has 3 aromatic rings. The number of aromatic nitrogens is 5. The predicted octanol–water partition coefficient (Wildman–Crippen LogP) is 4.49. The first-order valence-corrected chi connectivity index (χ1v) is 9.83. The van der Waals surface area contributed by atoms with E-state index in [1.54, 1.807) is 23.0 Å². The van der Waals surface area contributed by atoms with Crippen LogP contribution in [0.1, 0.15) is 44.3 Å². The number of aryl methyl sites for hydroxylation is 1. The zero-order valence-corrected chi connectivity index (χ0v) is 16.4. The van der Waals surface area contributed by atoms with Crippen molar-refractivity contribution in [2.75, 3.05) is 0 Å². The number of hydrogen-bond acceptors (Lipinski definition) is 4. The highest BCUT2D eigenvalue weighted by Crippen LogP contribution is 2.42. The van der Waals surface area contributed by atoms with E-state index in [-0.39, 0.29) is 35.0 Å². The molecule has 29 heavy (non-hydrogen) atoms. The van der Waals surface area contributed by atoms with Crippen molar-refractivity contribution in [2.24, 2.45) is 5.92 Å². The Hall–Kier alpha value is -2.42. The van der Waals surface area contributed by atoms with Crippen molar-refractivity contribution >= 4 is 22.8 Å². The maximum absolute atomic E-state index is 13.2. The summed E-state index contributed by atoms with van der Waals surface area (Å²) in [7, 11) is 0. The van der Waals surface area contributed by atoms with Gasteiger partial charge in [-0.05, 0) is 44.7 Å². The molecule has 0 amide bonds. The van der Waals surface area contributed by atoms with Gasteiger partial charge in [0.2, 0.25) is 0 Å². The lowest BCUT2D eigenvalue weighted by Gasteiger charge is -2.30. The minimum Gasteiger partial charge on any atom is -0.315 e. The lowest BCUT2D eigenvalue weighted by atomic mass is 9.81. The first-order valence-electron chi connectivity index (χ1n) is 9.46. The Kier molecular flexibility index (Phi) is 5.10. The summed E-state index contributed by atoms with van der Waals surface area (Å²) >= 11 is 5.87. The Morgan fingerprint density at radius 3 is 2.48 bits per heavy atom. The molecule has 1 fully saturated rings. The first kappa shape index (κ1) is 19.9. The summed E-state index contributed by atoms with van der Waals surface area (Å²) in [5.41, 5.74) is 0.769. The highest BCUT2D eigenvalue weighted by atomic mass is 35.5. The van der Waals surface area contributed by atoms with Gasteiger partial charge in [-0.25, -0.2) is 15.0 Å². The number of nitrogens with zero attached hydrogens (tertiary/aromatic N) is 5. The number of imidazole rings is 1. The molecule has 4 rings (SSSR count). The average molecular weight is 426 g/mol. The van der Waals surface area contributed by atoms with E-state index in [0.29, 0.717) is 36.5 Å². The van der Waals surface area contributed by atoms with Crippen LogP contribution in [0.25, 0.3) is 16.9 Å². The maximum atomic E-state index is 13.2. The van der Waals surface area contributed by atoms with Gasteiger partial charge in [0, 0.05) is 12.5 Å². The Labute approximate surface area is 169 Å². The predicted molar refractivity (Wildman–Crippen MR) is 102 cm³/mol. The minimum atomic E-state index is -4.19. The molecule has 1 aliphatic carbocycles. The molecule has 0 radical (unpaired) electrons. The van der Waals surface area contributed by atoms with Gasteiger partial charge in [-0.2, -0.15) is 13.2 Å². The highest BCUT2D eigenvalue weighted by Gasteiger charge is 2.42. The van der Waals surface area contributed by atoms with Crippen molar-refractivity contribution < 1.29 is 13.2 Å². The molecule has 3 aromatic heterocycles. The van der Waals surface area contributed by atoms with Crippen LogP contribution in [0.4, 0.5) is 13.2 Å². The van der Waals surface area contributed by atoms with E-state index in [4.69, 9.17) is 16.6 Å². The van der Waals surface area contributed by atoms with Crippen LogP contribution in [0.3, 0.4) is 0 Å². The van der Waals surface area contributed by atoms with Crippen molar-refractivity contribution in [1.29, 1.82) is 0 Å². The van der Waals surface area contributed by atoms with Gasteiger partial charge in [-0.15, -0.1) is 0 Å².